The third kappa shape index (κ3) is 3.22. The molecule has 0 bridgehead atoms. The summed E-state index contributed by atoms with van der Waals surface area (Å²) in [5.74, 6) is 0.688. The van der Waals surface area contributed by atoms with E-state index in [9.17, 15) is 4.79 Å². The second-order valence-corrected chi connectivity index (χ2v) is 5.63. The van der Waals surface area contributed by atoms with Gasteiger partial charge in [0.2, 0.25) is 0 Å². The molecule has 4 heteroatoms. The first-order valence-corrected chi connectivity index (χ1v) is 6.18. The van der Waals surface area contributed by atoms with Crippen molar-refractivity contribution in [3.63, 3.8) is 0 Å². The highest BCUT2D eigenvalue weighted by Gasteiger charge is 2.19. The molecule has 94 valence electrons. The van der Waals surface area contributed by atoms with Crippen LogP contribution in [0.4, 0.5) is 10.5 Å². The van der Waals surface area contributed by atoms with Gasteiger partial charge in [0.25, 0.3) is 4.82 Å². The van der Waals surface area contributed by atoms with Crippen molar-refractivity contribution in [3.05, 3.63) is 23.8 Å². The van der Waals surface area contributed by atoms with E-state index in [0.29, 0.717) is 5.75 Å². The minimum Gasteiger partial charge on any atom is -0.495 e. The highest BCUT2D eigenvalue weighted by molar-refractivity contribution is 9.18. The molecule has 0 radical (unpaired) electrons. The van der Waals surface area contributed by atoms with E-state index in [-0.39, 0.29) is 10.2 Å². The number of methoxy groups -OCH3 is 1. The highest BCUT2D eigenvalue weighted by Crippen LogP contribution is 2.33. The molecule has 0 spiro atoms. The maximum atomic E-state index is 11.4. The van der Waals surface area contributed by atoms with E-state index in [2.05, 4.69) is 36.7 Å². The Labute approximate surface area is 111 Å². The molecule has 0 N–H and O–H groups in total. The molecule has 0 heterocycles. The van der Waals surface area contributed by atoms with Crippen LogP contribution in [0, 0.1) is 0 Å². The molecule has 0 atom stereocenters. The molecular formula is C13H18BrNO2. The fraction of sp³-hybridized carbons (Fsp3) is 0.462. The third-order valence-corrected chi connectivity index (χ3v) is 3.20. The van der Waals surface area contributed by atoms with Gasteiger partial charge >= 0.3 is 0 Å². The number of hydrogen-bond donors (Lipinski definition) is 0. The lowest BCUT2D eigenvalue weighted by molar-refractivity contribution is 0.266. The quantitative estimate of drug-likeness (QED) is 0.611. The summed E-state index contributed by atoms with van der Waals surface area (Å²) < 4.78 is 5.27. The zero-order chi connectivity index (χ0) is 13.2. The molecule has 17 heavy (non-hydrogen) atoms. The number of amides is 1. The topological polar surface area (TPSA) is 29.5 Å². The first kappa shape index (κ1) is 14.0. The number of benzene rings is 1. The van der Waals surface area contributed by atoms with E-state index in [1.165, 1.54) is 4.90 Å². The summed E-state index contributed by atoms with van der Waals surface area (Å²) in [5.41, 5.74) is 1.97. The Morgan fingerprint density at radius 3 is 2.35 bits per heavy atom. The standard InChI is InChI=1S/C13H18BrNO2/c1-13(2,3)9-6-7-11(17-5)10(8-9)15(4)12(14)16/h6-8H,1-5H3. The molecular weight excluding hydrogens is 282 g/mol. The Balaban J connectivity index is 3.29. The number of hydrogen-bond acceptors (Lipinski definition) is 2. The van der Waals surface area contributed by atoms with Crippen LogP contribution in [-0.2, 0) is 5.41 Å². The van der Waals surface area contributed by atoms with Gasteiger partial charge in [-0.15, -0.1) is 0 Å². The SMILES string of the molecule is COc1ccc(C(C)(C)C)cc1N(C)C(=O)Br. The molecule has 0 unspecified atom stereocenters. The van der Waals surface area contributed by atoms with Crippen LogP contribution < -0.4 is 9.64 Å². The van der Waals surface area contributed by atoms with Crippen molar-refractivity contribution in [3.8, 4) is 5.75 Å². The van der Waals surface area contributed by atoms with E-state index in [4.69, 9.17) is 4.74 Å². The Morgan fingerprint density at radius 1 is 1.35 bits per heavy atom. The van der Waals surface area contributed by atoms with Gasteiger partial charge in [0.05, 0.1) is 12.8 Å². The monoisotopic (exact) mass is 299 g/mol. The molecule has 0 aliphatic heterocycles. The van der Waals surface area contributed by atoms with Gasteiger partial charge in [0.15, 0.2) is 0 Å². The molecule has 1 amide bonds. The Bertz CT molecular complexity index is 424. The zero-order valence-electron chi connectivity index (χ0n) is 10.9. The van der Waals surface area contributed by atoms with Gasteiger partial charge in [0, 0.05) is 23.0 Å². The molecule has 3 nitrogen and oxygen atoms in total. The number of anilines is 1. The lowest BCUT2D eigenvalue weighted by atomic mass is 9.86. The molecule has 1 rings (SSSR count). The molecule has 0 aliphatic carbocycles. The molecule has 0 saturated carbocycles. The van der Waals surface area contributed by atoms with Crippen LogP contribution in [0.1, 0.15) is 26.3 Å². The third-order valence-electron chi connectivity index (χ3n) is 2.67. The first-order chi connectivity index (χ1) is 7.77. The average Bonchev–Trinajstić information content (AvgIpc) is 2.25. The maximum Gasteiger partial charge on any atom is 0.293 e. The van der Waals surface area contributed by atoms with Crippen molar-refractivity contribution in [1.82, 2.24) is 0 Å². The Hall–Kier alpha value is -1.03. The van der Waals surface area contributed by atoms with E-state index >= 15 is 0 Å². The largest absolute Gasteiger partial charge is 0.495 e. The lowest BCUT2D eigenvalue weighted by Crippen LogP contribution is -2.21. The summed E-state index contributed by atoms with van der Waals surface area (Å²) in [6, 6.07) is 5.90. The number of rotatable bonds is 2. The second kappa shape index (κ2) is 5.08. The fourth-order valence-electron chi connectivity index (χ4n) is 1.51. The lowest BCUT2D eigenvalue weighted by Gasteiger charge is -2.23. The summed E-state index contributed by atoms with van der Waals surface area (Å²) >= 11 is 2.95. The van der Waals surface area contributed by atoms with Gasteiger partial charge < -0.3 is 9.64 Å². The molecule has 0 fully saturated rings. The molecule has 0 aliphatic rings. The smallest absolute Gasteiger partial charge is 0.293 e. The summed E-state index contributed by atoms with van der Waals surface area (Å²) in [7, 11) is 3.31. The van der Waals surface area contributed by atoms with Crippen molar-refractivity contribution in [2.75, 3.05) is 19.1 Å². The zero-order valence-corrected chi connectivity index (χ0v) is 12.5. The van der Waals surface area contributed by atoms with E-state index in [0.717, 1.165) is 11.3 Å². The number of halogens is 1. The van der Waals surface area contributed by atoms with Crippen LogP contribution in [0.3, 0.4) is 0 Å². The van der Waals surface area contributed by atoms with Gasteiger partial charge in [0.1, 0.15) is 5.75 Å². The van der Waals surface area contributed by atoms with Crippen molar-refractivity contribution in [2.24, 2.45) is 0 Å². The maximum absolute atomic E-state index is 11.4. The normalized spacial score (nSPS) is 11.2. The van der Waals surface area contributed by atoms with Gasteiger partial charge in [-0.1, -0.05) is 26.8 Å². The van der Waals surface area contributed by atoms with Crippen LogP contribution in [0.15, 0.2) is 18.2 Å². The summed E-state index contributed by atoms with van der Waals surface area (Å²) in [4.78, 5) is 12.7. The number of carbonyl (C=O) groups excluding carboxylic acids is 1. The van der Waals surface area contributed by atoms with Gasteiger partial charge in [-0.05, 0) is 23.1 Å². The van der Waals surface area contributed by atoms with Crippen molar-refractivity contribution in [1.29, 1.82) is 0 Å². The van der Waals surface area contributed by atoms with Crippen molar-refractivity contribution < 1.29 is 9.53 Å². The van der Waals surface area contributed by atoms with Crippen LogP contribution in [0.2, 0.25) is 0 Å². The van der Waals surface area contributed by atoms with Crippen LogP contribution in [0.5, 0.6) is 5.75 Å². The Kier molecular flexibility index (Phi) is 4.20. The predicted molar refractivity (Wildman–Crippen MR) is 74.4 cm³/mol. The molecule has 1 aromatic carbocycles. The molecule has 0 aromatic heterocycles. The van der Waals surface area contributed by atoms with Crippen molar-refractivity contribution in [2.45, 2.75) is 26.2 Å². The van der Waals surface area contributed by atoms with E-state index < -0.39 is 0 Å². The summed E-state index contributed by atoms with van der Waals surface area (Å²) in [6.45, 7) is 6.40. The minimum atomic E-state index is -0.193. The molecule has 0 saturated heterocycles. The van der Waals surface area contributed by atoms with Crippen LogP contribution in [-0.4, -0.2) is 19.0 Å². The van der Waals surface area contributed by atoms with E-state index in [1.807, 2.05) is 18.2 Å². The summed E-state index contributed by atoms with van der Waals surface area (Å²) in [6.07, 6.45) is 0. The van der Waals surface area contributed by atoms with E-state index in [1.54, 1.807) is 14.2 Å². The second-order valence-electron chi connectivity index (χ2n) is 4.95. The number of carbonyl (C=O) groups is 1. The van der Waals surface area contributed by atoms with Crippen LogP contribution >= 0.6 is 15.9 Å². The van der Waals surface area contributed by atoms with Crippen molar-refractivity contribution >= 4 is 26.4 Å². The Morgan fingerprint density at radius 2 is 1.94 bits per heavy atom. The average molecular weight is 300 g/mol. The number of nitrogens with zero attached hydrogens (tertiary/aromatic N) is 1. The first-order valence-electron chi connectivity index (χ1n) is 5.39. The minimum absolute atomic E-state index is 0.0389. The predicted octanol–water partition coefficient (Wildman–Crippen LogP) is 3.94. The van der Waals surface area contributed by atoms with Gasteiger partial charge in [-0.3, -0.25) is 4.79 Å². The highest BCUT2D eigenvalue weighted by atomic mass is 79.9. The van der Waals surface area contributed by atoms with Gasteiger partial charge in [-0.25, -0.2) is 0 Å². The molecule has 1 aromatic rings. The fourth-order valence-corrected chi connectivity index (χ4v) is 1.70. The summed E-state index contributed by atoms with van der Waals surface area (Å²) in [5, 5.41) is 0. The van der Waals surface area contributed by atoms with Gasteiger partial charge in [-0.2, -0.15) is 0 Å². The number of ether oxygens (including phenoxy) is 1. The van der Waals surface area contributed by atoms with Crippen LogP contribution in [0.25, 0.3) is 0 Å².